The molecule has 0 fully saturated rings. The van der Waals surface area contributed by atoms with E-state index >= 15 is 0 Å². The summed E-state index contributed by atoms with van der Waals surface area (Å²) in [5, 5.41) is 21.8. The highest BCUT2D eigenvalue weighted by Crippen LogP contribution is 2.23. The van der Waals surface area contributed by atoms with Crippen LogP contribution in [0, 0.1) is 12.7 Å². The topological polar surface area (TPSA) is 52.5 Å². The highest BCUT2D eigenvalue weighted by molar-refractivity contribution is 5.47. The van der Waals surface area contributed by atoms with E-state index in [0.717, 1.165) is 0 Å². The lowest BCUT2D eigenvalue weighted by Gasteiger charge is -2.09. The summed E-state index contributed by atoms with van der Waals surface area (Å²) >= 11 is 0. The van der Waals surface area contributed by atoms with Crippen molar-refractivity contribution >= 4 is 5.69 Å². The summed E-state index contributed by atoms with van der Waals surface area (Å²) in [6, 6.07) is 9.25. The SMILES string of the molecule is Cc1ccc(NCc2ccc(O)cc2O)cc1F. The van der Waals surface area contributed by atoms with Gasteiger partial charge in [0.05, 0.1) is 0 Å². The smallest absolute Gasteiger partial charge is 0.128 e. The second-order valence-electron chi connectivity index (χ2n) is 4.13. The average Bonchev–Trinajstić information content (AvgIpc) is 2.32. The number of halogens is 1. The molecule has 0 amide bonds. The number of rotatable bonds is 3. The van der Waals surface area contributed by atoms with Crippen LogP contribution in [0.2, 0.25) is 0 Å². The Morgan fingerprint density at radius 3 is 2.56 bits per heavy atom. The zero-order chi connectivity index (χ0) is 13.1. The van der Waals surface area contributed by atoms with Crippen molar-refractivity contribution in [1.29, 1.82) is 0 Å². The van der Waals surface area contributed by atoms with E-state index in [1.54, 1.807) is 25.1 Å². The zero-order valence-electron chi connectivity index (χ0n) is 9.94. The minimum atomic E-state index is -0.269. The van der Waals surface area contributed by atoms with Gasteiger partial charge in [-0.25, -0.2) is 4.39 Å². The molecule has 0 spiro atoms. The van der Waals surface area contributed by atoms with Crippen LogP contribution >= 0.6 is 0 Å². The Hall–Kier alpha value is -2.23. The molecule has 0 saturated carbocycles. The van der Waals surface area contributed by atoms with Gasteiger partial charge < -0.3 is 15.5 Å². The van der Waals surface area contributed by atoms with Crippen molar-refractivity contribution in [2.75, 3.05) is 5.32 Å². The van der Waals surface area contributed by atoms with Gasteiger partial charge in [-0.05, 0) is 36.8 Å². The lowest BCUT2D eigenvalue weighted by molar-refractivity contribution is 0.446. The zero-order valence-corrected chi connectivity index (χ0v) is 9.94. The van der Waals surface area contributed by atoms with E-state index in [-0.39, 0.29) is 17.3 Å². The normalized spacial score (nSPS) is 10.3. The minimum absolute atomic E-state index is 0.00934. The van der Waals surface area contributed by atoms with Gasteiger partial charge in [-0.15, -0.1) is 0 Å². The predicted molar refractivity (Wildman–Crippen MR) is 68.2 cm³/mol. The monoisotopic (exact) mass is 247 g/mol. The van der Waals surface area contributed by atoms with E-state index in [2.05, 4.69) is 5.32 Å². The van der Waals surface area contributed by atoms with Crippen LogP contribution in [0.4, 0.5) is 10.1 Å². The minimum Gasteiger partial charge on any atom is -0.508 e. The maximum atomic E-state index is 13.3. The van der Waals surface area contributed by atoms with Crippen LogP contribution in [0.25, 0.3) is 0 Å². The van der Waals surface area contributed by atoms with Crippen LogP contribution in [-0.2, 0) is 6.54 Å². The molecule has 4 heteroatoms. The van der Waals surface area contributed by atoms with Gasteiger partial charge in [0, 0.05) is 23.9 Å². The number of aromatic hydroxyl groups is 2. The van der Waals surface area contributed by atoms with Gasteiger partial charge >= 0.3 is 0 Å². The van der Waals surface area contributed by atoms with Crippen molar-refractivity contribution in [3.05, 3.63) is 53.3 Å². The molecule has 0 aliphatic carbocycles. The van der Waals surface area contributed by atoms with Crippen molar-refractivity contribution in [2.45, 2.75) is 13.5 Å². The molecule has 3 nitrogen and oxygen atoms in total. The largest absolute Gasteiger partial charge is 0.508 e. The maximum absolute atomic E-state index is 13.3. The summed E-state index contributed by atoms with van der Waals surface area (Å²) in [7, 11) is 0. The molecular weight excluding hydrogens is 233 g/mol. The molecule has 0 heterocycles. The molecule has 2 rings (SSSR count). The fraction of sp³-hybridized carbons (Fsp3) is 0.143. The summed E-state index contributed by atoms with van der Waals surface area (Å²) in [6.45, 7) is 2.06. The molecule has 0 aliphatic rings. The molecule has 2 aromatic rings. The Kier molecular flexibility index (Phi) is 3.37. The van der Waals surface area contributed by atoms with Crippen molar-refractivity contribution in [2.24, 2.45) is 0 Å². The van der Waals surface area contributed by atoms with Gasteiger partial charge in [0.2, 0.25) is 0 Å². The van der Waals surface area contributed by atoms with Crippen LogP contribution in [0.5, 0.6) is 11.5 Å². The molecule has 0 aliphatic heterocycles. The Bertz CT molecular complexity index is 570. The summed E-state index contributed by atoms with van der Waals surface area (Å²) in [6.07, 6.45) is 0. The molecule has 3 N–H and O–H groups in total. The Labute approximate surface area is 105 Å². The van der Waals surface area contributed by atoms with E-state index in [9.17, 15) is 9.50 Å². The summed E-state index contributed by atoms with van der Waals surface area (Å²) in [5.74, 6) is -0.248. The Balaban J connectivity index is 2.09. The number of anilines is 1. The summed E-state index contributed by atoms with van der Waals surface area (Å²) in [4.78, 5) is 0. The van der Waals surface area contributed by atoms with E-state index in [1.807, 2.05) is 0 Å². The third-order valence-corrected chi connectivity index (χ3v) is 2.72. The van der Waals surface area contributed by atoms with Gasteiger partial charge in [0.1, 0.15) is 17.3 Å². The lowest BCUT2D eigenvalue weighted by Crippen LogP contribution is -2.00. The van der Waals surface area contributed by atoms with Crippen molar-refractivity contribution in [1.82, 2.24) is 0 Å². The number of benzene rings is 2. The molecule has 0 bridgehead atoms. The number of hydrogen-bond acceptors (Lipinski definition) is 3. The predicted octanol–water partition coefficient (Wildman–Crippen LogP) is 3.16. The maximum Gasteiger partial charge on any atom is 0.128 e. The molecule has 0 radical (unpaired) electrons. The number of aryl methyl sites for hydroxylation is 1. The first-order valence-corrected chi connectivity index (χ1v) is 5.57. The third-order valence-electron chi connectivity index (χ3n) is 2.72. The average molecular weight is 247 g/mol. The molecule has 2 aromatic carbocycles. The Morgan fingerprint density at radius 1 is 1.11 bits per heavy atom. The molecule has 0 atom stereocenters. The third kappa shape index (κ3) is 2.71. The number of phenols is 2. The van der Waals surface area contributed by atoms with E-state index in [4.69, 9.17) is 5.11 Å². The van der Waals surface area contributed by atoms with Gasteiger partial charge in [0.15, 0.2) is 0 Å². The lowest BCUT2D eigenvalue weighted by atomic mass is 10.1. The first kappa shape index (κ1) is 12.2. The molecular formula is C14H14FNO2. The molecule has 94 valence electrons. The summed E-state index contributed by atoms with van der Waals surface area (Å²) in [5.41, 5.74) is 1.87. The first-order chi connectivity index (χ1) is 8.56. The molecule has 0 unspecified atom stereocenters. The van der Waals surface area contributed by atoms with Crippen LogP contribution < -0.4 is 5.32 Å². The Morgan fingerprint density at radius 2 is 1.89 bits per heavy atom. The van der Waals surface area contributed by atoms with Crippen molar-refractivity contribution < 1.29 is 14.6 Å². The quantitative estimate of drug-likeness (QED) is 0.781. The second kappa shape index (κ2) is 4.96. The molecule has 18 heavy (non-hydrogen) atoms. The van der Waals surface area contributed by atoms with E-state index in [0.29, 0.717) is 23.4 Å². The van der Waals surface area contributed by atoms with Crippen molar-refractivity contribution in [3.63, 3.8) is 0 Å². The fourth-order valence-corrected chi connectivity index (χ4v) is 1.60. The molecule has 0 saturated heterocycles. The van der Waals surface area contributed by atoms with Crippen LogP contribution in [0.3, 0.4) is 0 Å². The molecule has 0 aromatic heterocycles. The second-order valence-corrected chi connectivity index (χ2v) is 4.13. The van der Waals surface area contributed by atoms with Gasteiger partial charge in [-0.1, -0.05) is 6.07 Å². The highest BCUT2D eigenvalue weighted by atomic mass is 19.1. The van der Waals surface area contributed by atoms with Crippen LogP contribution in [0.15, 0.2) is 36.4 Å². The van der Waals surface area contributed by atoms with Gasteiger partial charge in [0.25, 0.3) is 0 Å². The van der Waals surface area contributed by atoms with E-state index in [1.165, 1.54) is 18.2 Å². The standard InChI is InChI=1S/C14H14FNO2/c1-9-2-4-11(6-13(9)15)16-8-10-3-5-12(17)7-14(10)18/h2-7,16-18H,8H2,1H3. The first-order valence-electron chi connectivity index (χ1n) is 5.57. The van der Waals surface area contributed by atoms with Gasteiger partial charge in [-0.3, -0.25) is 0 Å². The van der Waals surface area contributed by atoms with Crippen molar-refractivity contribution in [3.8, 4) is 11.5 Å². The number of hydrogen-bond donors (Lipinski definition) is 3. The van der Waals surface area contributed by atoms with Gasteiger partial charge in [-0.2, -0.15) is 0 Å². The van der Waals surface area contributed by atoms with Crippen LogP contribution in [-0.4, -0.2) is 10.2 Å². The highest BCUT2D eigenvalue weighted by Gasteiger charge is 2.03. The van der Waals surface area contributed by atoms with E-state index < -0.39 is 0 Å². The summed E-state index contributed by atoms with van der Waals surface area (Å²) < 4.78 is 13.3. The fourth-order valence-electron chi connectivity index (χ4n) is 1.60. The number of nitrogens with one attached hydrogen (secondary N) is 1. The number of phenolic OH excluding ortho intramolecular Hbond substituents is 2. The van der Waals surface area contributed by atoms with Crippen LogP contribution in [0.1, 0.15) is 11.1 Å².